The van der Waals surface area contributed by atoms with E-state index in [0.717, 1.165) is 54.1 Å². The Labute approximate surface area is 426 Å². The Bertz CT molecular complexity index is 2860. The first-order valence-corrected chi connectivity index (χ1v) is 25.1. The largest absolute Gasteiger partial charge is 0.356 e. The zero-order chi connectivity index (χ0) is 50.0. The van der Waals surface area contributed by atoms with E-state index in [-0.39, 0.29) is 5.92 Å². The summed E-state index contributed by atoms with van der Waals surface area (Å²) in [4.78, 5) is 2.34. The molecule has 0 aliphatic carbocycles. The molecule has 0 amide bonds. The van der Waals surface area contributed by atoms with Crippen molar-refractivity contribution in [3.63, 3.8) is 0 Å². The number of allylic oxidation sites excluding steroid dienone is 14. The lowest BCUT2D eigenvalue weighted by Crippen LogP contribution is -2.10. The van der Waals surface area contributed by atoms with Gasteiger partial charge in [0, 0.05) is 40.3 Å². The van der Waals surface area contributed by atoms with Crippen LogP contribution in [0.5, 0.6) is 0 Å². The van der Waals surface area contributed by atoms with Crippen molar-refractivity contribution in [3.05, 3.63) is 318 Å². The van der Waals surface area contributed by atoms with Crippen LogP contribution >= 0.6 is 0 Å². The van der Waals surface area contributed by atoms with Gasteiger partial charge in [-0.05, 0) is 147 Å². The van der Waals surface area contributed by atoms with E-state index in [1.165, 1.54) is 50.1 Å². The molecule has 0 saturated carbocycles. The van der Waals surface area contributed by atoms with Gasteiger partial charge in [0.05, 0.1) is 0 Å². The zero-order valence-electron chi connectivity index (χ0n) is 42.6. The lowest BCUT2D eigenvalue weighted by molar-refractivity contribution is 0.804. The van der Waals surface area contributed by atoms with Gasteiger partial charge in [-0.3, -0.25) is 0 Å². The highest BCUT2D eigenvalue weighted by molar-refractivity contribution is 5.77. The van der Waals surface area contributed by atoms with E-state index in [9.17, 15) is 0 Å². The summed E-state index contributed by atoms with van der Waals surface area (Å²) in [6, 6.07) is 65.5. The maximum absolute atomic E-state index is 3.90. The second-order valence-corrected chi connectivity index (χ2v) is 17.8. The van der Waals surface area contributed by atoms with Crippen molar-refractivity contribution in [1.29, 1.82) is 0 Å². The molecule has 1 N–H and O–H groups in total. The highest BCUT2D eigenvalue weighted by Gasteiger charge is 2.19. The average Bonchev–Trinajstić information content (AvgIpc) is 3.41. The molecule has 71 heavy (non-hydrogen) atoms. The van der Waals surface area contributed by atoms with Crippen LogP contribution in [0.4, 0.5) is 28.4 Å². The molecule has 7 aromatic rings. The van der Waals surface area contributed by atoms with Gasteiger partial charge in [0.2, 0.25) is 0 Å². The lowest BCUT2D eigenvalue weighted by atomic mass is 9.84. The normalized spacial score (nSPS) is 12.7. The Morgan fingerprint density at radius 2 is 1.04 bits per heavy atom. The van der Waals surface area contributed by atoms with E-state index in [1.807, 2.05) is 18.2 Å². The summed E-state index contributed by atoms with van der Waals surface area (Å²) in [5.74, 6) is 0.473. The number of hydrogen-bond acceptors (Lipinski definition) is 2. The summed E-state index contributed by atoms with van der Waals surface area (Å²) in [5.41, 5.74) is 17.3. The van der Waals surface area contributed by atoms with Gasteiger partial charge in [0.1, 0.15) is 0 Å². The van der Waals surface area contributed by atoms with Crippen molar-refractivity contribution in [1.82, 2.24) is 0 Å². The van der Waals surface area contributed by atoms with E-state index < -0.39 is 0 Å². The van der Waals surface area contributed by atoms with Crippen LogP contribution in [0.3, 0.4) is 0 Å². The molecule has 0 aromatic heterocycles. The van der Waals surface area contributed by atoms with Crippen molar-refractivity contribution in [2.75, 3.05) is 10.2 Å². The summed E-state index contributed by atoms with van der Waals surface area (Å²) in [6.45, 7) is 18.3. The van der Waals surface area contributed by atoms with Gasteiger partial charge in [-0.25, -0.2) is 0 Å². The van der Waals surface area contributed by atoms with Crippen LogP contribution in [0.2, 0.25) is 0 Å². The summed E-state index contributed by atoms with van der Waals surface area (Å²) >= 11 is 0. The number of hydrogen-bond donors (Lipinski definition) is 1. The van der Waals surface area contributed by atoms with Gasteiger partial charge >= 0.3 is 0 Å². The molecule has 7 rings (SSSR count). The number of unbranched alkanes of at least 4 members (excludes halogenated alkanes) is 1. The van der Waals surface area contributed by atoms with Crippen molar-refractivity contribution < 1.29 is 0 Å². The smallest absolute Gasteiger partial charge is 0.0461 e. The Morgan fingerprint density at radius 3 is 1.59 bits per heavy atom. The molecular formula is C69H72N2. The van der Waals surface area contributed by atoms with Crippen LogP contribution in [0.15, 0.2) is 279 Å². The second kappa shape index (κ2) is 28.5. The second-order valence-electron chi connectivity index (χ2n) is 17.8. The minimum Gasteiger partial charge on any atom is -0.356 e. The molecule has 0 bridgehead atoms. The van der Waals surface area contributed by atoms with Gasteiger partial charge in [-0.15, -0.1) is 0 Å². The van der Waals surface area contributed by atoms with Crippen LogP contribution < -0.4 is 10.2 Å². The first-order chi connectivity index (χ1) is 34.8. The van der Waals surface area contributed by atoms with Crippen molar-refractivity contribution >= 4 is 28.4 Å². The van der Waals surface area contributed by atoms with E-state index in [4.69, 9.17) is 0 Å². The zero-order valence-corrected chi connectivity index (χ0v) is 42.6. The van der Waals surface area contributed by atoms with Crippen LogP contribution in [0.1, 0.15) is 84.4 Å². The molecule has 0 spiro atoms. The first-order valence-electron chi connectivity index (χ1n) is 25.1. The van der Waals surface area contributed by atoms with Crippen LogP contribution in [0, 0.1) is 13.8 Å². The quantitative estimate of drug-likeness (QED) is 0.0723. The average molecular weight is 929 g/mol. The highest BCUT2D eigenvalue weighted by atomic mass is 15.1. The number of rotatable bonds is 21. The monoisotopic (exact) mass is 929 g/mol. The van der Waals surface area contributed by atoms with Crippen LogP contribution in [-0.2, 0) is 12.8 Å². The van der Waals surface area contributed by atoms with E-state index in [2.05, 4.69) is 289 Å². The molecule has 0 aliphatic heterocycles. The Kier molecular flexibility index (Phi) is 21.1. The molecular weight excluding hydrogens is 857 g/mol. The maximum atomic E-state index is 3.90. The van der Waals surface area contributed by atoms with Crippen molar-refractivity contribution in [2.45, 2.75) is 72.1 Å². The van der Waals surface area contributed by atoms with Gasteiger partial charge in [-0.1, -0.05) is 232 Å². The minimum atomic E-state index is 0.180. The number of benzene rings is 7. The molecule has 0 radical (unpaired) electrons. The fourth-order valence-electron chi connectivity index (χ4n) is 8.62. The predicted molar refractivity (Wildman–Crippen MR) is 311 cm³/mol. The SMILES string of the molecule is C=C/C=C(\C=C/C)C(Cc1ccc(Nc2ccc(C)cc2)cc1)c1ccccc1.C=C/C=C\C=C/Cc1ccc(N(c2ccc(C)cc2)c2ccc(C(C(=CC)/C=C\CCC)c3ccccc3)cc2)cc1. The third-order valence-electron chi connectivity index (χ3n) is 12.4. The standard InChI is InChI=1S/C41H43N.C28H29N/c1-5-8-10-11-14-17-34-23-29-39(30-24-34)42(38-27-21-33(4)22-28-38)40-31-25-37(26-32-40)41(36-19-15-12-16-20-36)35(7-3)18-13-9-6-2;1-4-9-24(10-5-2)28(25-11-7-6-8-12-25)21-23-15-19-27(20-16-23)29-26-17-13-22(3)14-18-26/h5,7-8,10-16,18-32,41H,1,6,9,17H2,2-4H3;4-20,28-29H,1,21H2,2-3H3/b10-8-,14-11-,18-13-,35-7?;10-5-,24-9+. The molecule has 2 atom stereocenters. The molecule has 2 unspecified atom stereocenters. The molecule has 0 heterocycles. The van der Waals surface area contributed by atoms with Gasteiger partial charge < -0.3 is 10.2 Å². The molecule has 0 fully saturated rings. The number of aryl methyl sites for hydroxylation is 2. The molecule has 358 valence electrons. The lowest BCUT2D eigenvalue weighted by Gasteiger charge is -2.27. The van der Waals surface area contributed by atoms with Crippen LogP contribution in [0.25, 0.3) is 0 Å². The highest BCUT2D eigenvalue weighted by Crippen LogP contribution is 2.38. The third-order valence-corrected chi connectivity index (χ3v) is 12.4. The van der Waals surface area contributed by atoms with Crippen molar-refractivity contribution in [3.8, 4) is 0 Å². The minimum absolute atomic E-state index is 0.180. The van der Waals surface area contributed by atoms with Crippen LogP contribution in [-0.4, -0.2) is 0 Å². The fourth-order valence-corrected chi connectivity index (χ4v) is 8.62. The van der Waals surface area contributed by atoms with E-state index in [0.29, 0.717) is 5.92 Å². The summed E-state index contributed by atoms with van der Waals surface area (Å²) in [6.07, 6.45) is 29.2. The number of nitrogens with zero attached hydrogens (tertiary/aromatic N) is 1. The predicted octanol–water partition coefficient (Wildman–Crippen LogP) is 19.5. The summed E-state index contributed by atoms with van der Waals surface area (Å²) in [5, 5.41) is 3.47. The first kappa shape index (κ1) is 52.4. The third kappa shape index (κ3) is 16.1. The number of nitrogens with one attached hydrogen (secondary N) is 1. The molecule has 0 saturated heterocycles. The maximum Gasteiger partial charge on any atom is 0.0461 e. The Balaban J connectivity index is 0.000000249. The van der Waals surface area contributed by atoms with E-state index >= 15 is 0 Å². The van der Waals surface area contributed by atoms with Gasteiger partial charge in [-0.2, -0.15) is 0 Å². The fraction of sp³-hybridized carbons (Fsp3) is 0.159. The summed E-state index contributed by atoms with van der Waals surface area (Å²) < 4.78 is 0. The van der Waals surface area contributed by atoms with Gasteiger partial charge in [0.25, 0.3) is 0 Å². The van der Waals surface area contributed by atoms with E-state index in [1.54, 1.807) is 6.08 Å². The molecule has 0 aliphatic rings. The number of anilines is 5. The molecule has 2 nitrogen and oxygen atoms in total. The summed E-state index contributed by atoms with van der Waals surface area (Å²) in [7, 11) is 0. The topological polar surface area (TPSA) is 15.3 Å². The molecule has 7 aromatic carbocycles. The Morgan fingerprint density at radius 1 is 0.521 bits per heavy atom. The van der Waals surface area contributed by atoms with Gasteiger partial charge in [0.15, 0.2) is 0 Å². The van der Waals surface area contributed by atoms with Crippen molar-refractivity contribution in [2.24, 2.45) is 0 Å². The molecule has 2 heteroatoms. The Hall–Kier alpha value is -7.94.